The standard InChI is InChI=1S/C24H23IO7S/c25-20-4-2-1-3-19(20)21(26)32-24-12-15-9-16(13-24)11-23(10-15,14-24)22(27)31-17-5-7-18(8-6-17)33(28,29)30/h1-8,15-16H,9-14H2,(H,28,29,30)/p-1. The first kappa shape index (κ1) is 22.8. The predicted octanol–water partition coefficient (Wildman–Crippen LogP) is 4.30. The molecule has 2 aromatic rings. The quantitative estimate of drug-likeness (QED) is 0.224. The van der Waals surface area contributed by atoms with E-state index in [9.17, 15) is 22.6 Å². The van der Waals surface area contributed by atoms with Gasteiger partial charge < -0.3 is 14.0 Å². The van der Waals surface area contributed by atoms with Crippen LogP contribution in [0.5, 0.6) is 5.75 Å². The smallest absolute Gasteiger partial charge is 0.339 e. The van der Waals surface area contributed by atoms with Crippen LogP contribution in [0.4, 0.5) is 0 Å². The molecule has 0 aromatic heterocycles. The summed E-state index contributed by atoms with van der Waals surface area (Å²) in [6.45, 7) is 0. The van der Waals surface area contributed by atoms with Gasteiger partial charge in [0.25, 0.3) is 0 Å². The maximum Gasteiger partial charge on any atom is 0.339 e. The minimum Gasteiger partial charge on any atom is -0.744 e. The Morgan fingerprint density at radius 3 is 2.21 bits per heavy atom. The first-order valence-electron chi connectivity index (χ1n) is 10.8. The van der Waals surface area contributed by atoms with E-state index in [-0.39, 0.29) is 34.4 Å². The second-order valence-corrected chi connectivity index (χ2v) is 12.2. The summed E-state index contributed by atoms with van der Waals surface area (Å²) in [6, 6.07) is 12.2. The summed E-state index contributed by atoms with van der Waals surface area (Å²) in [7, 11) is -4.57. The van der Waals surface area contributed by atoms with Crippen molar-refractivity contribution in [2.45, 2.75) is 49.0 Å². The summed E-state index contributed by atoms with van der Waals surface area (Å²) in [5.41, 5.74) is -0.893. The Bertz CT molecular complexity index is 1210. The molecule has 4 aliphatic rings. The second-order valence-electron chi connectivity index (χ2n) is 9.61. The summed E-state index contributed by atoms with van der Waals surface area (Å²) >= 11 is 2.12. The Morgan fingerprint density at radius 2 is 1.61 bits per heavy atom. The lowest BCUT2D eigenvalue weighted by atomic mass is 9.48. The molecule has 2 atom stereocenters. The zero-order valence-electron chi connectivity index (χ0n) is 17.7. The number of carbonyl (C=O) groups excluding carboxylic acids is 2. The van der Waals surface area contributed by atoms with Crippen molar-refractivity contribution < 1.29 is 32.0 Å². The van der Waals surface area contributed by atoms with E-state index in [1.165, 1.54) is 12.1 Å². The highest BCUT2D eigenvalue weighted by Crippen LogP contribution is 2.63. The second kappa shape index (κ2) is 8.06. The molecule has 4 bridgehead atoms. The van der Waals surface area contributed by atoms with Crippen molar-refractivity contribution in [3.8, 4) is 5.75 Å². The van der Waals surface area contributed by atoms with E-state index in [4.69, 9.17) is 9.47 Å². The number of carbonyl (C=O) groups is 2. The lowest BCUT2D eigenvalue weighted by molar-refractivity contribution is -0.189. The topological polar surface area (TPSA) is 110 Å². The molecule has 0 radical (unpaired) electrons. The van der Waals surface area contributed by atoms with E-state index >= 15 is 0 Å². The Morgan fingerprint density at radius 1 is 0.970 bits per heavy atom. The van der Waals surface area contributed by atoms with Crippen molar-refractivity contribution in [3.63, 3.8) is 0 Å². The summed E-state index contributed by atoms with van der Waals surface area (Å²) < 4.78 is 46.0. The highest BCUT2D eigenvalue weighted by atomic mass is 127. The third kappa shape index (κ3) is 4.30. The molecule has 9 heteroatoms. The van der Waals surface area contributed by atoms with Gasteiger partial charge in [-0.3, -0.25) is 4.79 Å². The van der Waals surface area contributed by atoms with Gasteiger partial charge in [0, 0.05) is 9.99 Å². The van der Waals surface area contributed by atoms with Gasteiger partial charge in [0.05, 0.1) is 15.9 Å². The molecule has 0 saturated heterocycles. The van der Waals surface area contributed by atoms with Crippen LogP contribution in [0.15, 0.2) is 53.4 Å². The van der Waals surface area contributed by atoms with Crippen molar-refractivity contribution in [2.24, 2.45) is 17.3 Å². The molecular weight excluding hydrogens is 559 g/mol. The summed E-state index contributed by atoms with van der Waals surface area (Å²) in [5.74, 6) is 0.0146. The number of rotatable bonds is 5. The van der Waals surface area contributed by atoms with Crippen LogP contribution in [-0.2, 0) is 19.6 Å². The average Bonchev–Trinajstić information content (AvgIpc) is 2.72. The minimum atomic E-state index is -4.57. The molecular formula is C24H22IO7S-. The lowest BCUT2D eigenvalue weighted by Gasteiger charge is -2.59. The Hall–Kier alpha value is -1.98. The van der Waals surface area contributed by atoms with E-state index in [1.54, 1.807) is 12.1 Å². The van der Waals surface area contributed by atoms with E-state index < -0.39 is 21.1 Å². The Balaban J connectivity index is 1.37. The Kier molecular flexibility index (Phi) is 5.56. The third-order valence-corrected chi connectivity index (χ3v) is 8.96. The SMILES string of the molecule is O=C(OC12CC3CC(C1)CC(C(=O)Oc1ccc(S(=O)(=O)[O-])cc1)(C3)C2)c1ccccc1I. The molecule has 0 amide bonds. The van der Waals surface area contributed by atoms with Crippen LogP contribution in [-0.4, -0.2) is 30.5 Å². The molecule has 4 aliphatic carbocycles. The molecule has 0 N–H and O–H groups in total. The van der Waals surface area contributed by atoms with Gasteiger partial charge in [-0.25, -0.2) is 13.2 Å². The van der Waals surface area contributed by atoms with Gasteiger partial charge in [-0.05, 0) is 103 Å². The van der Waals surface area contributed by atoms with Crippen LogP contribution in [0.2, 0.25) is 0 Å². The third-order valence-electron chi connectivity index (χ3n) is 7.17. The van der Waals surface area contributed by atoms with E-state index in [1.807, 2.05) is 12.1 Å². The number of benzene rings is 2. The zero-order valence-corrected chi connectivity index (χ0v) is 20.6. The fraction of sp³-hybridized carbons (Fsp3) is 0.417. The number of hydrogen-bond acceptors (Lipinski definition) is 7. The van der Waals surface area contributed by atoms with Crippen molar-refractivity contribution in [1.82, 2.24) is 0 Å². The fourth-order valence-electron chi connectivity index (χ4n) is 6.30. The van der Waals surface area contributed by atoms with E-state index in [0.717, 1.165) is 35.0 Å². The molecule has 4 saturated carbocycles. The average molecular weight is 581 g/mol. The van der Waals surface area contributed by atoms with Crippen molar-refractivity contribution in [2.75, 3.05) is 0 Å². The minimum absolute atomic E-state index is 0.188. The summed E-state index contributed by atoms with van der Waals surface area (Å²) in [6.07, 6.45) is 4.34. The number of hydrogen-bond donors (Lipinski definition) is 0. The summed E-state index contributed by atoms with van der Waals surface area (Å²) in [4.78, 5) is 26.0. The van der Waals surface area contributed by atoms with Crippen LogP contribution < -0.4 is 4.74 Å². The highest BCUT2D eigenvalue weighted by molar-refractivity contribution is 14.1. The first-order valence-corrected chi connectivity index (χ1v) is 13.3. The molecule has 0 spiro atoms. The molecule has 7 nitrogen and oxygen atoms in total. The van der Waals surface area contributed by atoms with Gasteiger partial charge in [-0.2, -0.15) is 0 Å². The van der Waals surface area contributed by atoms with Crippen molar-refractivity contribution in [1.29, 1.82) is 0 Å². The molecule has 2 unspecified atom stereocenters. The van der Waals surface area contributed by atoms with Gasteiger partial charge in [0.1, 0.15) is 21.5 Å². The van der Waals surface area contributed by atoms with Gasteiger partial charge in [-0.1, -0.05) is 12.1 Å². The predicted molar refractivity (Wildman–Crippen MR) is 124 cm³/mol. The van der Waals surface area contributed by atoms with Crippen molar-refractivity contribution >= 4 is 44.6 Å². The lowest BCUT2D eigenvalue weighted by Crippen LogP contribution is -2.60. The molecule has 0 aliphatic heterocycles. The van der Waals surface area contributed by atoms with Gasteiger partial charge >= 0.3 is 11.9 Å². The normalized spacial score (nSPS) is 30.1. The van der Waals surface area contributed by atoms with Gasteiger partial charge in [-0.15, -0.1) is 0 Å². The monoisotopic (exact) mass is 581 g/mol. The summed E-state index contributed by atoms with van der Waals surface area (Å²) in [5, 5.41) is 0. The molecule has 0 heterocycles. The largest absolute Gasteiger partial charge is 0.744 e. The molecule has 6 rings (SSSR count). The number of halogens is 1. The highest BCUT2D eigenvalue weighted by Gasteiger charge is 2.63. The van der Waals surface area contributed by atoms with E-state index in [0.29, 0.717) is 24.8 Å². The zero-order chi connectivity index (χ0) is 23.4. The molecule has 174 valence electrons. The number of ether oxygens (including phenoxy) is 2. The van der Waals surface area contributed by atoms with Crippen LogP contribution in [0.25, 0.3) is 0 Å². The maximum atomic E-state index is 13.4. The van der Waals surface area contributed by atoms with Crippen LogP contribution >= 0.6 is 22.6 Å². The number of esters is 2. The molecule has 33 heavy (non-hydrogen) atoms. The first-order chi connectivity index (χ1) is 15.6. The molecule has 2 aromatic carbocycles. The molecule has 4 fully saturated rings. The van der Waals surface area contributed by atoms with Gasteiger partial charge in [0.2, 0.25) is 0 Å². The van der Waals surface area contributed by atoms with E-state index in [2.05, 4.69) is 22.6 Å². The van der Waals surface area contributed by atoms with Crippen LogP contribution in [0.1, 0.15) is 48.9 Å². The Labute approximate surface area is 205 Å². The van der Waals surface area contributed by atoms with Gasteiger partial charge in [0.15, 0.2) is 0 Å². The maximum absolute atomic E-state index is 13.4. The van der Waals surface area contributed by atoms with Crippen LogP contribution in [0.3, 0.4) is 0 Å². The van der Waals surface area contributed by atoms with Crippen molar-refractivity contribution in [3.05, 3.63) is 57.7 Å². The fourth-order valence-corrected chi connectivity index (χ4v) is 7.38. The van der Waals surface area contributed by atoms with Crippen LogP contribution in [0, 0.1) is 20.8 Å².